The normalized spacial score (nSPS) is 26.9. The summed E-state index contributed by atoms with van der Waals surface area (Å²) in [4.78, 5) is 33.2. The van der Waals surface area contributed by atoms with Gasteiger partial charge < -0.3 is 20.8 Å². The number of carbonyl (C=O) groups is 3. The van der Waals surface area contributed by atoms with Crippen LogP contribution < -0.4 is 10.6 Å². The summed E-state index contributed by atoms with van der Waals surface area (Å²) in [6, 6.07) is -1.80. The fraction of sp³-hybridized carbons (Fsp3) is 0.667. The van der Waals surface area contributed by atoms with E-state index in [4.69, 9.17) is 5.11 Å². The number of hydrogen-bond donors (Lipinski definition) is 4. The Hall–Kier alpha value is -1.63. The molecule has 0 radical (unpaired) electrons. The third-order valence-corrected chi connectivity index (χ3v) is 2.34. The van der Waals surface area contributed by atoms with E-state index in [0.29, 0.717) is 0 Å². The number of carbonyl (C=O) groups excluding carboxylic acids is 2. The largest absolute Gasteiger partial charge is 0.481 e. The molecule has 0 saturated carbocycles. The number of piperazine rings is 1. The molecule has 7 heteroatoms. The van der Waals surface area contributed by atoms with Crippen molar-refractivity contribution < 1.29 is 24.6 Å². The second-order valence-corrected chi connectivity index (χ2v) is 3.72. The van der Waals surface area contributed by atoms with Crippen LogP contribution in [0.3, 0.4) is 0 Å². The van der Waals surface area contributed by atoms with Crippen molar-refractivity contribution in [1.82, 2.24) is 10.6 Å². The molecule has 1 fully saturated rings. The molecule has 2 amide bonds. The van der Waals surface area contributed by atoms with Gasteiger partial charge in [0.1, 0.15) is 12.1 Å². The minimum Gasteiger partial charge on any atom is -0.481 e. The zero-order chi connectivity index (χ0) is 12.3. The first kappa shape index (κ1) is 12.4. The lowest BCUT2D eigenvalue weighted by Gasteiger charge is -2.30. The molecule has 0 spiro atoms. The van der Waals surface area contributed by atoms with Crippen LogP contribution in [0, 0.1) is 0 Å². The average Bonchev–Trinajstić information content (AvgIpc) is 2.18. The Balaban J connectivity index is 2.56. The van der Waals surface area contributed by atoms with Gasteiger partial charge in [0.2, 0.25) is 11.8 Å². The molecule has 1 rings (SSSR count). The molecule has 0 bridgehead atoms. The smallest absolute Gasteiger partial charge is 0.303 e. The second kappa shape index (κ2) is 4.93. The third kappa shape index (κ3) is 2.93. The Morgan fingerprint density at radius 3 is 2.50 bits per heavy atom. The van der Waals surface area contributed by atoms with Gasteiger partial charge in [-0.15, -0.1) is 0 Å². The molecular weight excluding hydrogens is 216 g/mol. The highest BCUT2D eigenvalue weighted by atomic mass is 16.4. The van der Waals surface area contributed by atoms with Crippen molar-refractivity contribution in [3.63, 3.8) is 0 Å². The van der Waals surface area contributed by atoms with Crippen molar-refractivity contribution in [2.45, 2.75) is 38.0 Å². The quantitative estimate of drug-likeness (QED) is 0.455. The summed E-state index contributed by atoms with van der Waals surface area (Å²) in [7, 11) is 0. The Morgan fingerprint density at radius 2 is 2.00 bits per heavy atom. The molecule has 4 N–H and O–H groups in total. The Bertz CT molecular complexity index is 315. The van der Waals surface area contributed by atoms with Crippen LogP contribution in [0.25, 0.3) is 0 Å². The van der Waals surface area contributed by atoms with E-state index in [9.17, 15) is 19.5 Å². The highest BCUT2D eigenvalue weighted by molar-refractivity contribution is 5.97. The molecule has 0 aromatic carbocycles. The van der Waals surface area contributed by atoms with Crippen LogP contribution in [0.1, 0.15) is 19.8 Å². The molecule has 0 unspecified atom stereocenters. The predicted molar refractivity (Wildman–Crippen MR) is 52.4 cm³/mol. The molecule has 3 atom stereocenters. The lowest BCUT2D eigenvalue weighted by atomic mass is 10.0. The van der Waals surface area contributed by atoms with Crippen molar-refractivity contribution in [3.05, 3.63) is 0 Å². The van der Waals surface area contributed by atoms with E-state index >= 15 is 0 Å². The SMILES string of the molecule is C[C@H](O)[C@@H]1NC(=O)[C@H](CCC(=O)O)NC1=O. The van der Waals surface area contributed by atoms with Gasteiger partial charge in [-0.1, -0.05) is 0 Å². The summed E-state index contributed by atoms with van der Waals surface area (Å²) in [5, 5.41) is 22.4. The van der Waals surface area contributed by atoms with Gasteiger partial charge in [0.25, 0.3) is 0 Å². The van der Waals surface area contributed by atoms with Gasteiger partial charge in [0.05, 0.1) is 6.10 Å². The molecule has 1 aliphatic heterocycles. The minimum absolute atomic E-state index is 0.0411. The van der Waals surface area contributed by atoms with Crippen LogP contribution in [-0.2, 0) is 14.4 Å². The predicted octanol–water partition coefficient (Wildman–Crippen LogP) is -1.78. The van der Waals surface area contributed by atoms with E-state index in [0.717, 1.165) is 0 Å². The van der Waals surface area contributed by atoms with Crippen molar-refractivity contribution in [3.8, 4) is 0 Å². The van der Waals surface area contributed by atoms with E-state index < -0.39 is 36.0 Å². The molecular formula is C9H14N2O5. The molecule has 7 nitrogen and oxygen atoms in total. The maximum Gasteiger partial charge on any atom is 0.303 e. The van der Waals surface area contributed by atoms with Crippen LogP contribution in [0.2, 0.25) is 0 Å². The third-order valence-electron chi connectivity index (χ3n) is 2.34. The highest BCUT2D eigenvalue weighted by Crippen LogP contribution is 2.06. The lowest BCUT2D eigenvalue weighted by molar-refractivity contribution is -0.141. The number of aliphatic hydroxyl groups is 1. The molecule has 90 valence electrons. The Kier molecular flexibility index (Phi) is 3.83. The molecule has 0 aromatic heterocycles. The number of carboxylic acid groups (broad SMARTS) is 1. The monoisotopic (exact) mass is 230 g/mol. The van der Waals surface area contributed by atoms with Gasteiger partial charge in [-0.3, -0.25) is 14.4 Å². The zero-order valence-corrected chi connectivity index (χ0v) is 8.77. The van der Waals surface area contributed by atoms with Crippen molar-refractivity contribution in [2.24, 2.45) is 0 Å². The van der Waals surface area contributed by atoms with Crippen LogP contribution in [0.4, 0.5) is 0 Å². The zero-order valence-electron chi connectivity index (χ0n) is 8.77. The van der Waals surface area contributed by atoms with Crippen molar-refractivity contribution >= 4 is 17.8 Å². The Labute approximate surface area is 91.8 Å². The first-order valence-corrected chi connectivity index (χ1v) is 4.92. The standard InChI is InChI=1S/C9H14N2O5/c1-4(12)7-9(16)10-5(8(15)11-7)2-3-6(13)14/h4-5,7,12H,2-3H2,1H3,(H,10,16)(H,11,15)(H,13,14)/t4-,5-,7-/m0/s1. The fourth-order valence-electron chi connectivity index (χ4n) is 1.46. The number of amides is 2. The number of rotatable bonds is 4. The average molecular weight is 230 g/mol. The number of nitrogens with one attached hydrogen (secondary N) is 2. The maximum atomic E-state index is 11.4. The summed E-state index contributed by atoms with van der Waals surface area (Å²) in [5.41, 5.74) is 0. The van der Waals surface area contributed by atoms with Gasteiger partial charge in [-0.2, -0.15) is 0 Å². The van der Waals surface area contributed by atoms with E-state index in [-0.39, 0.29) is 12.8 Å². The first-order valence-electron chi connectivity index (χ1n) is 4.92. The molecule has 1 aliphatic rings. The highest BCUT2D eigenvalue weighted by Gasteiger charge is 2.35. The fourth-order valence-corrected chi connectivity index (χ4v) is 1.46. The molecule has 16 heavy (non-hydrogen) atoms. The summed E-state index contributed by atoms with van der Waals surface area (Å²) in [5.74, 6) is -1.99. The van der Waals surface area contributed by atoms with Crippen molar-refractivity contribution in [1.29, 1.82) is 0 Å². The van der Waals surface area contributed by atoms with Gasteiger partial charge in [-0.25, -0.2) is 0 Å². The van der Waals surface area contributed by atoms with E-state index in [1.165, 1.54) is 6.92 Å². The summed E-state index contributed by atoms with van der Waals surface area (Å²) in [6.45, 7) is 1.39. The van der Waals surface area contributed by atoms with Crippen LogP contribution in [0.15, 0.2) is 0 Å². The summed E-state index contributed by atoms with van der Waals surface area (Å²) < 4.78 is 0. The van der Waals surface area contributed by atoms with E-state index in [2.05, 4.69) is 10.6 Å². The number of hydrogen-bond acceptors (Lipinski definition) is 4. The van der Waals surface area contributed by atoms with E-state index in [1.54, 1.807) is 0 Å². The summed E-state index contributed by atoms with van der Waals surface area (Å²) in [6.07, 6.45) is -1.14. The van der Waals surface area contributed by atoms with Crippen LogP contribution >= 0.6 is 0 Å². The minimum atomic E-state index is -1.03. The van der Waals surface area contributed by atoms with Gasteiger partial charge >= 0.3 is 5.97 Å². The molecule has 0 aliphatic carbocycles. The van der Waals surface area contributed by atoms with Crippen LogP contribution in [-0.4, -0.2) is 46.2 Å². The van der Waals surface area contributed by atoms with Crippen molar-refractivity contribution in [2.75, 3.05) is 0 Å². The number of aliphatic hydroxyl groups excluding tert-OH is 1. The van der Waals surface area contributed by atoms with E-state index in [1.807, 2.05) is 0 Å². The van der Waals surface area contributed by atoms with Gasteiger partial charge in [-0.05, 0) is 13.3 Å². The topological polar surface area (TPSA) is 116 Å². The lowest BCUT2D eigenvalue weighted by Crippen LogP contribution is -2.64. The number of aliphatic carboxylic acids is 1. The first-order chi connectivity index (χ1) is 7.41. The second-order valence-electron chi connectivity index (χ2n) is 3.72. The molecule has 1 saturated heterocycles. The Morgan fingerprint density at radius 1 is 1.38 bits per heavy atom. The van der Waals surface area contributed by atoms with Gasteiger partial charge in [0, 0.05) is 6.42 Å². The van der Waals surface area contributed by atoms with Gasteiger partial charge in [0.15, 0.2) is 0 Å². The maximum absolute atomic E-state index is 11.4. The van der Waals surface area contributed by atoms with Crippen LogP contribution in [0.5, 0.6) is 0 Å². The summed E-state index contributed by atoms with van der Waals surface area (Å²) >= 11 is 0. The molecule has 1 heterocycles. The number of carboxylic acids is 1. The molecule has 0 aromatic rings.